The van der Waals surface area contributed by atoms with Crippen LogP contribution in [0.15, 0.2) is 22.7 Å². The molecule has 2 N–H and O–H groups in total. The molecule has 0 spiro atoms. The largest absolute Gasteiger partial charge is 0.372 e. The third-order valence-electron chi connectivity index (χ3n) is 2.81. The number of nitrogens with zero attached hydrogens (tertiary/aromatic N) is 1. The summed E-state index contributed by atoms with van der Waals surface area (Å²) in [5.74, 6) is 0.668. The SMILES string of the molecule is CCN(CC(C)C)c1ccc([C@H](C)N)c(Br)c1. The summed E-state index contributed by atoms with van der Waals surface area (Å²) in [7, 11) is 0. The Morgan fingerprint density at radius 1 is 1.29 bits per heavy atom. The van der Waals surface area contributed by atoms with Gasteiger partial charge in [-0.15, -0.1) is 0 Å². The normalized spacial score (nSPS) is 12.9. The van der Waals surface area contributed by atoms with Crippen LogP contribution >= 0.6 is 15.9 Å². The number of hydrogen-bond acceptors (Lipinski definition) is 2. The van der Waals surface area contributed by atoms with Crippen LogP contribution in [0.5, 0.6) is 0 Å². The lowest BCUT2D eigenvalue weighted by molar-refractivity contribution is 0.618. The van der Waals surface area contributed by atoms with Crippen molar-refractivity contribution in [3.63, 3.8) is 0 Å². The van der Waals surface area contributed by atoms with Crippen LogP contribution < -0.4 is 10.6 Å². The van der Waals surface area contributed by atoms with Gasteiger partial charge in [-0.2, -0.15) is 0 Å². The summed E-state index contributed by atoms with van der Waals surface area (Å²) in [6, 6.07) is 6.52. The average Bonchev–Trinajstić information content (AvgIpc) is 2.24. The molecule has 0 aliphatic rings. The maximum Gasteiger partial charge on any atom is 0.0377 e. The summed E-state index contributed by atoms with van der Waals surface area (Å²) in [4.78, 5) is 2.39. The predicted octanol–water partition coefficient (Wildman–Crippen LogP) is 3.95. The van der Waals surface area contributed by atoms with Gasteiger partial charge in [-0.1, -0.05) is 35.8 Å². The molecule has 1 rings (SSSR count). The highest BCUT2D eigenvalue weighted by molar-refractivity contribution is 9.10. The van der Waals surface area contributed by atoms with E-state index in [-0.39, 0.29) is 6.04 Å². The zero-order valence-corrected chi connectivity index (χ0v) is 12.8. The van der Waals surface area contributed by atoms with Gasteiger partial charge in [0, 0.05) is 29.3 Å². The summed E-state index contributed by atoms with van der Waals surface area (Å²) in [6.07, 6.45) is 0. The molecule has 0 fully saturated rings. The van der Waals surface area contributed by atoms with Crippen LogP contribution in [-0.2, 0) is 0 Å². The van der Waals surface area contributed by atoms with Crippen molar-refractivity contribution >= 4 is 21.6 Å². The predicted molar refractivity (Wildman–Crippen MR) is 79.5 cm³/mol. The van der Waals surface area contributed by atoms with E-state index in [0.717, 1.165) is 23.1 Å². The van der Waals surface area contributed by atoms with Crippen LogP contribution in [0.2, 0.25) is 0 Å². The van der Waals surface area contributed by atoms with Crippen LogP contribution in [0.1, 0.15) is 39.3 Å². The van der Waals surface area contributed by atoms with E-state index in [2.05, 4.69) is 59.8 Å². The monoisotopic (exact) mass is 298 g/mol. The molecule has 0 bridgehead atoms. The Morgan fingerprint density at radius 3 is 2.35 bits per heavy atom. The summed E-state index contributed by atoms with van der Waals surface area (Å²) < 4.78 is 1.10. The van der Waals surface area contributed by atoms with E-state index < -0.39 is 0 Å². The molecule has 0 unspecified atom stereocenters. The highest BCUT2D eigenvalue weighted by atomic mass is 79.9. The molecule has 1 aromatic rings. The van der Waals surface area contributed by atoms with Crippen molar-refractivity contribution in [1.82, 2.24) is 0 Å². The van der Waals surface area contributed by atoms with Crippen LogP contribution in [0.4, 0.5) is 5.69 Å². The lowest BCUT2D eigenvalue weighted by Crippen LogP contribution is -2.27. The Bertz CT molecular complexity index is 361. The fourth-order valence-electron chi connectivity index (χ4n) is 1.94. The summed E-state index contributed by atoms with van der Waals surface area (Å²) in [5, 5.41) is 0. The lowest BCUT2D eigenvalue weighted by atomic mass is 10.1. The first kappa shape index (κ1) is 14.5. The summed E-state index contributed by atoms with van der Waals surface area (Å²) in [6.45, 7) is 10.8. The van der Waals surface area contributed by atoms with Gasteiger partial charge < -0.3 is 10.6 Å². The Morgan fingerprint density at radius 2 is 1.94 bits per heavy atom. The van der Waals surface area contributed by atoms with Crippen LogP contribution in [-0.4, -0.2) is 13.1 Å². The molecule has 3 heteroatoms. The van der Waals surface area contributed by atoms with E-state index >= 15 is 0 Å². The molecule has 2 nitrogen and oxygen atoms in total. The third kappa shape index (κ3) is 4.00. The topological polar surface area (TPSA) is 29.3 Å². The smallest absolute Gasteiger partial charge is 0.0377 e. The molecule has 0 radical (unpaired) electrons. The molecule has 0 saturated heterocycles. The summed E-state index contributed by atoms with van der Waals surface area (Å²) >= 11 is 3.60. The Kier molecular flexibility index (Phi) is 5.47. The third-order valence-corrected chi connectivity index (χ3v) is 3.49. The molecule has 1 atom stereocenters. The first-order chi connectivity index (χ1) is 7.95. The first-order valence-corrected chi connectivity index (χ1v) is 7.05. The number of hydrogen-bond donors (Lipinski definition) is 1. The fourth-order valence-corrected chi connectivity index (χ4v) is 2.67. The van der Waals surface area contributed by atoms with Crippen molar-refractivity contribution in [2.75, 3.05) is 18.0 Å². The minimum atomic E-state index is 0.0681. The number of nitrogens with two attached hydrogens (primary N) is 1. The maximum atomic E-state index is 5.91. The Balaban J connectivity index is 2.94. The summed E-state index contributed by atoms with van der Waals surface area (Å²) in [5.41, 5.74) is 8.33. The van der Waals surface area contributed by atoms with Gasteiger partial charge in [-0.05, 0) is 37.5 Å². The molecule has 0 aromatic heterocycles. The van der Waals surface area contributed by atoms with Gasteiger partial charge in [0.15, 0.2) is 0 Å². The molecule has 0 amide bonds. The van der Waals surface area contributed by atoms with Crippen molar-refractivity contribution in [3.8, 4) is 0 Å². The second-order valence-electron chi connectivity index (χ2n) is 4.93. The Hall–Kier alpha value is -0.540. The van der Waals surface area contributed by atoms with Gasteiger partial charge in [0.05, 0.1) is 0 Å². The molecule has 96 valence electrons. The molecule has 0 heterocycles. The second-order valence-corrected chi connectivity index (χ2v) is 5.78. The average molecular weight is 299 g/mol. The van der Waals surface area contributed by atoms with Gasteiger partial charge in [0.25, 0.3) is 0 Å². The van der Waals surface area contributed by atoms with Crippen molar-refractivity contribution in [2.45, 2.75) is 33.7 Å². The maximum absolute atomic E-state index is 5.91. The van der Waals surface area contributed by atoms with Gasteiger partial charge in [0.1, 0.15) is 0 Å². The highest BCUT2D eigenvalue weighted by Gasteiger charge is 2.10. The molecule has 17 heavy (non-hydrogen) atoms. The standard InChI is InChI=1S/C14H23BrN2/c1-5-17(9-10(2)3)12-6-7-13(11(4)16)14(15)8-12/h6-8,10-11H,5,9,16H2,1-4H3/t11-/m0/s1. The van der Waals surface area contributed by atoms with E-state index in [1.165, 1.54) is 5.69 Å². The van der Waals surface area contributed by atoms with E-state index in [0.29, 0.717) is 5.92 Å². The van der Waals surface area contributed by atoms with Crippen molar-refractivity contribution in [1.29, 1.82) is 0 Å². The number of anilines is 1. The molecule has 0 aliphatic carbocycles. The van der Waals surface area contributed by atoms with E-state index in [9.17, 15) is 0 Å². The molecule has 1 aromatic carbocycles. The first-order valence-electron chi connectivity index (χ1n) is 6.25. The van der Waals surface area contributed by atoms with Crippen molar-refractivity contribution < 1.29 is 0 Å². The van der Waals surface area contributed by atoms with Crippen LogP contribution in [0.3, 0.4) is 0 Å². The zero-order chi connectivity index (χ0) is 13.0. The molecular weight excluding hydrogens is 276 g/mol. The zero-order valence-electron chi connectivity index (χ0n) is 11.2. The number of benzene rings is 1. The minimum Gasteiger partial charge on any atom is -0.372 e. The van der Waals surface area contributed by atoms with Gasteiger partial charge in [0.2, 0.25) is 0 Å². The molecule has 0 saturated carbocycles. The van der Waals surface area contributed by atoms with Crippen LogP contribution in [0.25, 0.3) is 0 Å². The van der Waals surface area contributed by atoms with Crippen LogP contribution in [0, 0.1) is 5.92 Å². The quantitative estimate of drug-likeness (QED) is 0.892. The second kappa shape index (κ2) is 6.41. The minimum absolute atomic E-state index is 0.0681. The fraction of sp³-hybridized carbons (Fsp3) is 0.571. The van der Waals surface area contributed by atoms with Crippen molar-refractivity contribution in [2.24, 2.45) is 11.7 Å². The van der Waals surface area contributed by atoms with Gasteiger partial charge in [-0.25, -0.2) is 0 Å². The van der Waals surface area contributed by atoms with E-state index in [4.69, 9.17) is 5.73 Å². The number of rotatable bonds is 5. The lowest BCUT2D eigenvalue weighted by Gasteiger charge is -2.26. The van der Waals surface area contributed by atoms with E-state index in [1.54, 1.807) is 0 Å². The molecule has 0 aliphatic heterocycles. The molecular formula is C14H23BrN2. The highest BCUT2D eigenvalue weighted by Crippen LogP contribution is 2.27. The van der Waals surface area contributed by atoms with E-state index in [1.807, 2.05) is 6.92 Å². The van der Waals surface area contributed by atoms with Gasteiger partial charge in [-0.3, -0.25) is 0 Å². The number of halogens is 1. The Labute approximate surface area is 113 Å². The van der Waals surface area contributed by atoms with Gasteiger partial charge >= 0.3 is 0 Å². The van der Waals surface area contributed by atoms with Crippen molar-refractivity contribution in [3.05, 3.63) is 28.2 Å².